The van der Waals surface area contributed by atoms with Crippen LogP contribution < -0.4 is 10.6 Å². The van der Waals surface area contributed by atoms with Gasteiger partial charge in [0.05, 0.1) is 24.1 Å². The predicted octanol–water partition coefficient (Wildman–Crippen LogP) is 2.73. The van der Waals surface area contributed by atoms with E-state index in [1.165, 1.54) is 6.33 Å². The van der Waals surface area contributed by atoms with Gasteiger partial charge < -0.3 is 15.1 Å². The molecule has 9 heteroatoms. The highest BCUT2D eigenvalue weighted by atomic mass is 16.4. The molecule has 1 aliphatic rings. The maximum absolute atomic E-state index is 8.77. The molecule has 3 N–H and O–H groups in total. The maximum atomic E-state index is 8.77. The molecule has 0 aliphatic carbocycles. The summed E-state index contributed by atoms with van der Waals surface area (Å²) in [5.74, 6) is 2.37. The van der Waals surface area contributed by atoms with Crippen molar-refractivity contribution in [3.63, 3.8) is 0 Å². The number of nitrogens with zero attached hydrogens (tertiary/aromatic N) is 6. The Morgan fingerprint density at radius 2 is 2.06 bits per heavy atom. The number of rotatable bonds is 4. The Labute approximate surface area is 179 Å². The Balaban J connectivity index is 1.44. The van der Waals surface area contributed by atoms with Crippen molar-refractivity contribution in [2.75, 3.05) is 17.2 Å². The zero-order valence-corrected chi connectivity index (χ0v) is 17.3. The summed E-state index contributed by atoms with van der Waals surface area (Å²) in [6.45, 7) is 3.25. The van der Waals surface area contributed by atoms with Crippen LogP contribution in [0.15, 0.2) is 47.4 Å². The summed E-state index contributed by atoms with van der Waals surface area (Å²) in [6.07, 6.45) is 5.98. The molecule has 9 nitrogen and oxygen atoms in total. The first-order chi connectivity index (χ1) is 15.0. The summed E-state index contributed by atoms with van der Waals surface area (Å²) in [7, 11) is 1.87. The van der Waals surface area contributed by atoms with Crippen LogP contribution in [0.25, 0.3) is 11.1 Å². The average molecular weight is 414 g/mol. The number of nitrogen functional groups attached to an aromatic ring is 1. The molecule has 0 unspecified atom stereocenters. The molecule has 3 aromatic heterocycles. The lowest BCUT2D eigenvalue weighted by molar-refractivity contribution is 0.463. The SMILES string of the molecule is Cc1nc2c(o1)CCN(c1cc(C(=N)c3cc(-c4cnn(C)c4)ccc3N)ncn1)C2. The van der Waals surface area contributed by atoms with E-state index in [0.717, 1.165) is 41.4 Å². The predicted molar refractivity (Wildman–Crippen MR) is 117 cm³/mol. The van der Waals surface area contributed by atoms with E-state index < -0.39 is 0 Å². The van der Waals surface area contributed by atoms with Gasteiger partial charge in [-0.1, -0.05) is 6.07 Å². The van der Waals surface area contributed by atoms with Gasteiger partial charge in [0.1, 0.15) is 23.6 Å². The summed E-state index contributed by atoms with van der Waals surface area (Å²) < 4.78 is 7.39. The Morgan fingerprint density at radius 1 is 1.19 bits per heavy atom. The van der Waals surface area contributed by atoms with Gasteiger partial charge in [-0.25, -0.2) is 15.0 Å². The van der Waals surface area contributed by atoms with Crippen molar-refractivity contribution in [3.05, 3.63) is 71.6 Å². The summed E-state index contributed by atoms with van der Waals surface area (Å²) in [6, 6.07) is 7.48. The second kappa shape index (κ2) is 7.35. The van der Waals surface area contributed by atoms with Crippen LogP contribution in [0, 0.1) is 12.3 Å². The number of benzene rings is 1. The lowest BCUT2D eigenvalue weighted by atomic mass is 9.99. The molecule has 4 heterocycles. The number of hydrogen-bond donors (Lipinski definition) is 2. The average Bonchev–Trinajstić information content (AvgIpc) is 3.37. The van der Waals surface area contributed by atoms with Crippen LogP contribution in [-0.4, -0.2) is 37.0 Å². The van der Waals surface area contributed by atoms with E-state index in [0.29, 0.717) is 29.4 Å². The summed E-state index contributed by atoms with van der Waals surface area (Å²) >= 11 is 0. The van der Waals surface area contributed by atoms with E-state index in [4.69, 9.17) is 15.6 Å². The third kappa shape index (κ3) is 3.54. The van der Waals surface area contributed by atoms with Crippen LogP contribution >= 0.6 is 0 Å². The molecule has 4 aromatic rings. The molecule has 0 bridgehead atoms. The molecular formula is C22H22N8O. The van der Waals surface area contributed by atoms with E-state index in [1.54, 1.807) is 10.9 Å². The molecule has 0 amide bonds. The van der Waals surface area contributed by atoms with E-state index >= 15 is 0 Å². The van der Waals surface area contributed by atoms with Crippen molar-refractivity contribution in [3.8, 4) is 11.1 Å². The summed E-state index contributed by atoms with van der Waals surface area (Å²) in [5, 5.41) is 13.0. The fourth-order valence-electron chi connectivity index (χ4n) is 3.84. The van der Waals surface area contributed by atoms with Gasteiger partial charge in [-0.3, -0.25) is 10.1 Å². The van der Waals surface area contributed by atoms with Gasteiger partial charge >= 0.3 is 0 Å². The van der Waals surface area contributed by atoms with Crippen molar-refractivity contribution in [2.24, 2.45) is 7.05 Å². The smallest absolute Gasteiger partial charge is 0.191 e. The van der Waals surface area contributed by atoms with Gasteiger partial charge in [-0.15, -0.1) is 0 Å². The first kappa shape index (κ1) is 19.0. The molecule has 0 saturated carbocycles. The number of aromatic nitrogens is 5. The quantitative estimate of drug-likeness (QED) is 0.389. The highest BCUT2D eigenvalue weighted by molar-refractivity contribution is 6.13. The van der Waals surface area contributed by atoms with Gasteiger partial charge in [-0.05, 0) is 17.7 Å². The van der Waals surface area contributed by atoms with Crippen LogP contribution in [0.1, 0.15) is 28.6 Å². The molecule has 0 spiro atoms. The normalized spacial score (nSPS) is 13.3. The van der Waals surface area contributed by atoms with E-state index in [-0.39, 0.29) is 5.71 Å². The van der Waals surface area contributed by atoms with Gasteiger partial charge in [0.25, 0.3) is 0 Å². The molecular weight excluding hydrogens is 392 g/mol. The number of nitrogens with two attached hydrogens (primary N) is 1. The van der Waals surface area contributed by atoms with Crippen LogP contribution in [0.5, 0.6) is 0 Å². The summed E-state index contributed by atoms with van der Waals surface area (Å²) in [5.41, 5.74) is 11.0. The molecule has 0 saturated heterocycles. The standard InChI is InChI=1S/C22H22N8O/c1-13-28-19-11-30(6-5-20(19)31-13)21-8-18(25-12-26-21)22(24)16-7-14(3-4-17(16)23)15-9-27-29(2)10-15/h3-4,7-10,12,24H,5-6,11,23H2,1-2H3. The zero-order valence-electron chi connectivity index (χ0n) is 17.3. The molecule has 1 aliphatic heterocycles. The van der Waals surface area contributed by atoms with Crippen molar-refractivity contribution in [1.29, 1.82) is 5.41 Å². The van der Waals surface area contributed by atoms with Crippen LogP contribution in [-0.2, 0) is 20.0 Å². The van der Waals surface area contributed by atoms with E-state index in [9.17, 15) is 0 Å². The number of aryl methyl sites for hydroxylation is 2. The second-order valence-corrected chi connectivity index (χ2v) is 7.62. The molecule has 5 rings (SSSR count). The molecule has 1 aromatic carbocycles. The van der Waals surface area contributed by atoms with Gasteiger partial charge in [0.15, 0.2) is 5.89 Å². The van der Waals surface area contributed by atoms with Crippen molar-refractivity contribution in [1.82, 2.24) is 24.7 Å². The lowest BCUT2D eigenvalue weighted by Crippen LogP contribution is -2.31. The Bertz CT molecular complexity index is 1290. The van der Waals surface area contributed by atoms with Crippen LogP contribution in [0.4, 0.5) is 11.5 Å². The number of fused-ring (bicyclic) bond motifs is 1. The third-order valence-electron chi connectivity index (χ3n) is 5.43. The van der Waals surface area contributed by atoms with Gasteiger partial charge in [-0.2, -0.15) is 5.10 Å². The van der Waals surface area contributed by atoms with E-state index in [1.807, 2.05) is 44.4 Å². The van der Waals surface area contributed by atoms with Crippen molar-refractivity contribution < 1.29 is 4.42 Å². The van der Waals surface area contributed by atoms with Crippen LogP contribution in [0.2, 0.25) is 0 Å². The van der Waals surface area contributed by atoms with Gasteiger partial charge in [0, 0.05) is 56.0 Å². The number of anilines is 2. The van der Waals surface area contributed by atoms with Crippen molar-refractivity contribution >= 4 is 17.2 Å². The monoisotopic (exact) mass is 414 g/mol. The first-order valence-corrected chi connectivity index (χ1v) is 9.98. The molecule has 156 valence electrons. The Hall–Kier alpha value is -4.01. The minimum absolute atomic E-state index is 0.252. The molecule has 0 radical (unpaired) electrons. The Morgan fingerprint density at radius 3 is 2.87 bits per heavy atom. The molecule has 31 heavy (non-hydrogen) atoms. The molecule has 0 fully saturated rings. The highest BCUT2D eigenvalue weighted by Gasteiger charge is 2.23. The zero-order chi connectivity index (χ0) is 21.5. The maximum Gasteiger partial charge on any atom is 0.191 e. The lowest BCUT2D eigenvalue weighted by Gasteiger charge is -2.26. The summed E-state index contributed by atoms with van der Waals surface area (Å²) in [4.78, 5) is 15.4. The van der Waals surface area contributed by atoms with Crippen molar-refractivity contribution in [2.45, 2.75) is 19.9 Å². The number of hydrogen-bond acceptors (Lipinski definition) is 8. The second-order valence-electron chi connectivity index (χ2n) is 7.62. The van der Waals surface area contributed by atoms with Gasteiger partial charge in [0.2, 0.25) is 0 Å². The van der Waals surface area contributed by atoms with Crippen LogP contribution in [0.3, 0.4) is 0 Å². The Kier molecular flexibility index (Phi) is 4.50. The number of oxazole rings is 1. The topological polar surface area (TPSA) is 123 Å². The minimum atomic E-state index is 0.252. The fraction of sp³-hybridized carbons (Fsp3) is 0.227. The third-order valence-corrected chi connectivity index (χ3v) is 5.43. The number of nitrogens with one attached hydrogen (secondary N) is 1. The minimum Gasteiger partial charge on any atom is -0.446 e. The van der Waals surface area contributed by atoms with E-state index in [2.05, 4.69) is 25.0 Å². The fourth-order valence-corrected chi connectivity index (χ4v) is 3.84. The molecule has 0 atom stereocenters. The largest absolute Gasteiger partial charge is 0.446 e. The highest BCUT2D eigenvalue weighted by Crippen LogP contribution is 2.27. The first-order valence-electron chi connectivity index (χ1n) is 9.98.